The number of alkyl halides is 3. The number of rotatable bonds is 8. The van der Waals surface area contributed by atoms with Crippen molar-refractivity contribution in [1.29, 1.82) is 0 Å². The summed E-state index contributed by atoms with van der Waals surface area (Å²) in [7, 11) is 0. The van der Waals surface area contributed by atoms with Crippen molar-refractivity contribution in [2.45, 2.75) is 51.6 Å². The van der Waals surface area contributed by atoms with Crippen molar-refractivity contribution in [2.24, 2.45) is 5.92 Å². The SMILES string of the molecule is CCNC(CCCCSC(F)(F)F)C(C)C. The zero-order valence-electron chi connectivity index (χ0n) is 10.2. The summed E-state index contributed by atoms with van der Waals surface area (Å²) in [5.41, 5.74) is -4.07. The van der Waals surface area contributed by atoms with Crippen LogP contribution in [0.25, 0.3) is 0 Å². The summed E-state index contributed by atoms with van der Waals surface area (Å²) in [6.45, 7) is 7.24. The molecule has 0 aromatic rings. The van der Waals surface area contributed by atoms with E-state index in [9.17, 15) is 13.2 Å². The third kappa shape index (κ3) is 9.33. The van der Waals surface area contributed by atoms with Gasteiger partial charge in [0.25, 0.3) is 0 Å². The van der Waals surface area contributed by atoms with Crippen LogP contribution in [-0.2, 0) is 0 Å². The first-order valence-corrected chi connectivity index (χ1v) is 6.79. The van der Waals surface area contributed by atoms with Crippen molar-refractivity contribution in [3.05, 3.63) is 0 Å². The largest absolute Gasteiger partial charge is 0.441 e. The molecule has 0 saturated heterocycles. The molecular formula is C11H22F3NS. The van der Waals surface area contributed by atoms with E-state index in [1.165, 1.54) is 0 Å². The normalized spacial score (nSPS) is 14.4. The van der Waals surface area contributed by atoms with Gasteiger partial charge < -0.3 is 5.32 Å². The van der Waals surface area contributed by atoms with Crippen LogP contribution in [-0.4, -0.2) is 23.8 Å². The topological polar surface area (TPSA) is 12.0 Å². The van der Waals surface area contributed by atoms with Crippen molar-refractivity contribution >= 4 is 11.8 Å². The Bertz CT molecular complexity index is 171. The Hall–Kier alpha value is 0.100. The van der Waals surface area contributed by atoms with Crippen molar-refractivity contribution in [3.8, 4) is 0 Å². The molecule has 0 rings (SSSR count). The number of thioether (sulfide) groups is 1. The second kappa shape index (κ2) is 8.23. The van der Waals surface area contributed by atoms with Crippen molar-refractivity contribution in [1.82, 2.24) is 5.32 Å². The van der Waals surface area contributed by atoms with Crippen LogP contribution in [0.3, 0.4) is 0 Å². The average molecular weight is 257 g/mol. The van der Waals surface area contributed by atoms with Gasteiger partial charge in [0, 0.05) is 11.8 Å². The smallest absolute Gasteiger partial charge is 0.314 e. The van der Waals surface area contributed by atoms with Gasteiger partial charge in [0.2, 0.25) is 0 Å². The number of hydrogen-bond acceptors (Lipinski definition) is 2. The molecule has 0 aliphatic carbocycles. The first kappa shape index (κ1) is 16.1. The number of nitrogens with one attached hydrogen (secondary N) is 1. The number of halogens is 3. The Morgan fingerprint density at radius 1 is 1.19 bits per heavy atom. The van der Waals surface area contributed by atoms with Crippen LogP contribution in [0.4, 0.5) is 13.2 Å². The lowest BCUT2D eigenvalue weighted by molar-refractivity contribution is -0.0328. The van der Waals surface area contributed by atoms with Crippen LogP contribution in [0.1, 0.15) is 40.0 Å². The van der Waals surface area contributed by atoms with Gasteiger partial charge in [0.15, 0.2) is 0 Å². The summed E-state index contributed by atoms with van der Waals surface area (Å²) in [5, 5.41) is 3.36. The molecular weight excluding hydrogens is 235 g/mol. The van der Waals surface area contributed by atoms with Crippen molar-refractivity contribution < 1.29 is 13.2 Å². The molecule has 0 aromatic heterocycles. The van der Waals surface area contributed by atoms with Gasteiger partial charge in [-0.05, 0) is 25.3 Å². The summed E-state index contributed by atoms with van der Waals surface area (Å²) in [5.74, 6) is 0.718. The summed E-state index contributed by atoms with van der Waals surface area (Å²) >= 11 is 0.0866. The van der Waals surface area contributed by atoms with E-state index in [1.807, 2.05) is 0 Å². The molecule has 5 heteroatoms. The van der Waals surface area contributed by atoms with Crippen LogP contribution in [0, 0.1) is 5.92 Å². The highest BCUT2D eigenvalue weighted by Gasteiger charge is 2.27. The maximum atomic E-state index is 11.8. The molecule has 0 spiro atoms. The Morgan fingerprint density at radius 2 is 1.81 bits per heavy atom. The highest BCUT2D eigenvalue weighted by atomic mass is 32.2. The quantitative estimate of drug-likeness (QED) is 0.658. The molecule has 0 fully saturated rings. The van der Waals surface area contributed by atoms with Crippen LogP contribution in [0.5, 0.6) is 0 Å². The van der Waals surface area contributed by atoms with Gasteiger partial charge in [-0.15, -0.1) is 0 Å². The first-order chi connectivity index (χ1) is 7.37. The lowest BCUT2D eigenvalue weighted by atomic mass is 9.98. The van der Waals surface area contributed by atoms with Gasteiger partial charge >= 0.3 is 5.51 Å². The summed E-state index contributed by atoms with van der Waals surface area (Å²) in [6, 6.07) is 0.431. The van der Waals surface area contributed by atoms with Crippen LogP contribution in [0.15, 0.2) is 0 Å². The predicted molar refractivity (Wildman–Crippen MR) is 64.7 cm³/mol. The van der Waals surface area contributed by atoms with E-state index in [0.29, 0.717) is 18.4 Å². The van der Waals surface area contributed by atoms with Crippen LogP contribution >= 0.6 is 11.8 Å². The lowest BCUT2D eigenvalue weighted by Gasteiger charge is -2.21. The molecule has 0 heterocycles. The molecule has 1 N–H and O–H groups in total. The molecule has 0 saturated carbocycles. The molecule has 16 heavy (non-hydrogen) atoms. The lowest BCUT2D eigenvalue weighted by Crippen LogP contribution is -2.33. The minimum absolute atomic E-state index is 0.0866. The molecule has 98 valence electrons. The van der Waals surface area contributed by atoms with Gasteiger partial charge in [-0.2, -0.15) is 13.2 Å². The Morgan fingerprint density at radius 3 is 2.25 bits per heavy atom. The van der Waals surface area contributed by atoms with Gasteiger partial charge in [0.05, 0.1) is 0 Å². The molecule has 1 unspecified atom stereocenters. The second-order valence-corrected chi connectivity index (χ2v) is 5.36. The molecule has 0 amide bonds. The predicted octanol–water partition coefficient (Wildman–Crippen LogP) is 4.04. The highest BCUT2D eigenvalue weighted by molar-refractivity contribution is 8.00. The van der Waals surface area contributed by atoms with E-state index in [-0.39, 0.29) is 17.5 Å². The summed E-state index contributed by atoms with van der Waals surface area (Å²) in [6.07, 6.45) is 2.46. The van der Waals surface area contributed by atoms with Crippen LogP contribution in [0.2, 0.25) is 0 Å². The van der Waals surface area contributed by atoms with E-state index in [4.69, 9.17) is 0 Å². The van der Waals surface area contributed by atoms with Crippen molar-refractivity contribution in [3.63, 3.8) is 0 Å². The van der Waals surface area contributed by atoms with E-state index in [1.54, 1.807) is 0 Å². The third-order valence-electron chi connectivity index (χ3n) is 2.45. The third-order valence-corrected chi connectivity index (χ3v) is 3.27. The fraction of sp³-hybridized carbons (Fsp3) is 1.00. The van der Waals surface area contributed by atoms with Gasteiger partial charge in [0.1, 0.15) is 0 Å². The summed E-state index contributed by atoms with van der Waals surface area (Å²) in [4.78, 5) is 0. The fourth-order valence-electron chi connectivity index (χ4n) is 1.59. The Balaban J connectivity index is 3.55. The van der Waals surface area contributed by atoms with E-state index in [0.717, 1.165) is 19.4 Å². The fourth-order valence-corrected chi connectivity index (χ4v) is 2.17. The summed E-state index contributed by atoms with van der Waals surface area (Å²) < 4.78 is 35.5. The van der Waals surface area contributed by atoms with Crippen LogP contribution < -0.4 is 5.32 Å². The van der Waals surface area contributed by atoms with Gasteiger partial charge in [-0.25, -0.2) is 0 Å². The zero-order valence-corrected chi connectivity index (χ0v) is 11.0. The Labute approximate surface area is 101 Å². The second-order valence-electron chi connectivity index (χ2n) is 4.20. The van der Waals surface area contributed by atoms with E-state index >= 15 is 0 Å². The average Bonchev–Trinajstić information content (AvgIpc) is 2.13. The minimum atomic E-state index is -4.07. The number of hydrogen-bond donors (Lipinski definition) is 1. The molecule has 0 bridgehead atoms. The number of unbranched alkanes of at least 4 members (excludes halogenated alkanes) is 1. The van der Waals surface area contributed by atoms with Crippen molar-refractivity contribution in [2.75, 3.05) is 12.3 Å². The monoisotopic (exact) mass is 257 g/mol. The Kier molecular flexibility index (Phi) is 8.28. The standard InChI is InChI=1S/C11H22F3NS/c1-4-15-10(9(2)3)7-5-6-8-16-11(12,13)14/h9-10,15H,4-8H2,1-3H3. The first-order valence-electron chi connectivity index (χ1n) is 5.81. The van der Waals surface area contributed by atoms with Gasteiger partial charge in [-0.1, -0.05) is 39.0 Å². The molecule has 0 aromatic carbocycles. The van der Waals surface area contributed by atoms with E-state index in [2.05, 4.69) is 26.1 Å². The van der Waals surface area contributed by atoms with E-state index < -0.39 is 5.51 Å². The van der Waals surface area contributed by atoms with Gasteiger partial charge in [-0.3, -0.25) is 0 Å². The molecule has 0 aliphatic rings. The highest BCUT2D eigenvalue weighted by Crippen LogP contribution is 2.30. The molecule has 0 radical (unpaired) electrons. The zero-order chi connectivity index (χ0) is 12.6. The maximum Gasteiger partial charge on any atom is 0.441 e. The molecule has 0 aliphatic heterocycles. The molecule has 1 atom stereocenters. The molecule has 1 nitrogen and oxygen atoms in total. The minimum Gasteiger partial charge on any atom is -0.314 e. The maximum absolute atomic E-state index is 11.8.